The van der Waals surface area contributed by atoms with E-state index in [1.165, 1.54) is 0 Å². The maximum absolute atomic E-state index is 5.54. The van der Waals surface area contributed by atoms with Gasteiger partial charge in [0.05, 0.1) is 6.61 Å². The van der Waals surface area contributed by atoms with Gasteiger partial charge in [0.15, 0.2) is 5.82 Å². The zero-order valence-corrected chi connectivity index (χ0v) is 10.4. The van der Waals surface area contributed by atoms with Crippen LogP contribution in [0, 0.1) is 0 Å². The van der Waals surface area contributed by atoms with Crippen LogP contribution in [0.25, 0.3) is 0 Å². The van der Waals surface area contributed by atoms with Crippen molar-refractivity contribution < 1.29 is 9.47 Å². The van der Waals surface area contributed by atoms with Gasteiger partial charge in [-0.3, -0.25) is 0 Å². The van der Waals surface area contributed by atoms with Gasteiger partial charge in [-0.1, -0.05) is 6.08 Å². The molecule has 17 heavy (non-hydrogen) atoms. The van der Waals surface area contributed by atoms with Gasteiger partial charge in [0, 0.05) is 20.2 Å². The van der Waals surface area contributed by atoms with Crippen molar-refractivity contribution in [1.82, 2.24) is 9.97 Å². The molecule has 0 aliphatic rings. The summed E-state index contributed by atoms with van der Waals surface area (Å²) in [6, 6.07) is 1.77. The zero-order valence-electron chi connectivity index (χ0n) is 10.4. The second kappa shape index (κ2) is 7.62. The van der Waals surface area contributed by atoms with E-state index in [0.717, 1.165) is 18.7 Å². The van der Waals surface area contributed by atoms with E-state index in [0.29, 0.717) is 24.9 Å². The highest BCUT2D eigenvalue weighted by molar-refractivity contribution is 5.37. The number of aromatic nitrogens is 2. The predicted octanol–water partition coefficient (Wildman–Crippen LogP) is 2.01. The van der Waals surface area contributed by atoms with Gasteiger partial charge in [-0.25, -0.2) is 4.98 Å². The molecule has 1 rings (SSSR count). The average molecular weight is 237 g/mol. The van der Waals surface area contributed by atoms with Crippen molar-refractivity contribution in [2.24, 2.45) is 0 Å². The standard InChI is InChI=1S/C12H19N3O2/c1-4-5-6-7-17-12-8-10(13-2)14-11(15-12)9-16-3/h4,8H,1,5-7,9H2,2-3H3,(H,13,14,15). The fourth-order valence-electron chi connectivity index (χ4n) is 1.27. The Hall–Kier alpha value is -1.62. The van der Waals surface area contributed by atoms with E-state index in [2.05, 4.69) is 21.9 Å². The molecule has 0 bridgehead atoms. The van der Waals surface area contributed by atoms with E-state index in [1.807, 2.05) is 6.08 Å². The summed E-state index contributed by atoms with van der Waals surface area (Å²) < 4.78 is 10.5. The lowest BCUT2D eigenvalue weighted by Crippen LogP contribution is -2.05. The first kappa shape index (κ1) is 13.4. The summed E-state index contributed by atoms with van der Waals surface area (Å²) in [5.41, 5.74) is 0. The summed E-state index contributed by atoms with van der Waals surface area (Å²) in [7, 11) is 3.42. The van der Waals surface area contributed by atoms with Gasteiger partial charge in [0.1, 0.15) is 12.4 Å². The van der Waals surface area contributed by atoms with E-state index >= 15 is 0 Å². The van der Waals surface area contributed by atoms with Crippen LogP contribution in [0.3, 0.4) is 0 Å². The molecule has 5 nitrogen and oxygen atoms in total. The van der Waals surface area contributed by atoms with E-state index < -0.39 is 0 Å². The topological polar surface area (TPSA) is 56.3 Å². The lowest BCUT2D eigenvalue weighted by atomic mass is 10.3. The Kier molecular flexibility index (Phi) is 6.03. The molecule has 0 aromatic carbocycles. The number of hydrogen-bond donors (Lipinski definition) is 1. The Balaban J connectivity index is 2.62. The molecule has 94 valence electrons. The monoisotopic (exact) mass is 237 g/mol. The van der Waals surface area contributed by atoms with Crippen LogP contribution in [0.15, 0.2) is 18.7 Å². The van der Waals surface area contributed by atoms with Crippen molar-refractivity contribution >= 4 is 5.82 Å². The van der Waals surface area contributed by atoms with Gasteiger partial charge < -0.3 is 14.8 Å². The number of allylic oxidation sites excluding steroid dienone is 1. The first-order valence-electron chi connectivity index (χ1n) is 5.58. The second-order valence-corrected chi connectivity index (χ2v) is 3.47. The molecule has 0 saturated heterocycles. The van der Waals surface area contributed by atoms with Crippen LogP contribution in [0.1, 0.15) is 18.7 Å². The summed E-state index contributed by atoms with van der Waals surface area (Å²) in [6.07, 6.45) is 3.75. The average Bonchev–Trinajstić information content (AvgIpc) is 2.35. The Bertz CT molecular complexity index is 356. The summed E-state index contributed by atoms with van der Waals surface area (Å²) >= 11 is 0. The van der Waals surface area contributed by atoms with Crippen LogP contribution in [0.4, 0.5) is 5.82 Å². The molecule has 0 aliphatic carbocycles. The number of unbranched alkanes of at least 4 members (excludes halogenated alkanes) is 1. The zero-order chi connectivity index (χ0) is 12.5. The number of ether oxygens (including phenoxy) is 2. The normalized spacial score (nSPS) is 10.0. The Morgan fingerprint density at radius 1 is 1.47 bits per heavy atom. The molecule has 0 amide bonds. The molecule has 0 aliphatic heterocycles. The third-order valence-electron chi connectivity index (χ3n) is 2.08. The number of nitrogens with zero attached hydrogens (tertiary/aromatic N) is 2. The quantitative estimate of drug-likeness (QED) is 0.553. The summed E-state index contributed by atoms with van der Waals surface area (Å²) in [6.45, 7) is 4.66. The Morgan fingerprint density at radius 2 is 2.29 bits per heavy atom. The highest BCUT2D eigenvalue weighted by Gasteiger charge is 2.04. The van der Waals surface area contributed by atoms with Crippen molar-refractivity contribution in [2.75, 3.05) is 26.1 Å². The third kappa shape index (κ3) is 4.82. The summed E-state index contributed by atoms with van der Waals surface area (Å²) in [5.74, 6) is 1.91. The molecule has 0 radical (unpaired) electrons. The van der Waals surface area contributed by atoms with Crippen molar-refractivity contribution in [1.29, 1.82) is 0 Å². The maximum atomic E-state index is 5.54. The molecule has 5 heteroatoms. The van der Waals surface area contributed by atoms with Crippen LogP contribution < -0.4 is 10.1 Å². The minimum atomic E-state index is 0.374. The van der Waals surface area contributed by atoms with Crippen LogP contribution in [-0.4, -0.2) is 30.7 Å². The second-order valence-electron chi connectivity index (χ2n) is 3.47. The number of hydrogen-bond acceptors (Lipinski definition) is 5. The van der Waals surface area contributed by atoms with Gasteiger partial charge in [-0.05, 0) is 12.8 Å². The predicted molar refractivity (Wildman–Crippen MR) is 67.2 cm³/mol. The molecular formula is C12H19N3O2. The van der Waals surface area contributed by atoms with E-state index in [9.17, 15) is 0 Å². The van der Waals surface area contributed by atoms with E-state index in [4.69, 9.17) is 9.47 Å². The van der Waals surface area contributed by atoms with Gasteiger partial charge in [-0.2, -0.15) is 4.98 Å². The smallest absolute Gasteiger partial charge is 0.218 e. The van der Waals surface area contributed by atoms with Crippen LogP contribution in [-0.2, 0) is 11.3 Å². The molecule has 1 aromatic rings. The first-order chi connectivity index (χ1) is 8.30. The van der Waals surface area contributed by atoms with E-state index in [1.54, 1.807) is 20.2 Å². The molecule has 1 heterocycles. The van der Waals surface area contributed by atoms with Crippen LogP contribution in [0.5, 0.6) is 5.88 Å². The minimum absolute atomic E-state index is 0.374. The molecule has 0 fully saturated rings. The lowest BCUT2D eigenvalue weighted by Gasteiger charge is -2.08. The first-order valence-corrected chi connectivity index (χ1v) is 5.58. The lowest BCUT2D eigenvalue weighted by molar-refractivity contribution is 0.176. The van der Waals surface area contributed by atoms with Crippen LogP contribution in [0.2, 0.25) is 0 Å². The summed E-state index contributed by atoms with van der Waals surface area (Å²) in [5, 5.41) is 2.96. The highest BCUT2D eigenvalue weighted by atomic mass is 16.5. The van der Waals surface area contributed by atoms with Crippen molar-refractivity contribution in [2.45, 2.75) is 19.4 Å². The highest BCUT2D eigenvalue weighted by Crippen LogP contribution is 2.14. The van der Waals surface area contributed by atoms with Crippen molar-refractivity contribution in [3.8, 4) is 5.88 Å². The Morgan fingerprint density at radius 3 is 2.94 bits per heavy atom. The summed E-state index contributed by atoms with van der Waals surface area (Å²) in [4.78, 5) is 8.49. The molecule has 0 saturated carbocycles. The van der Waals surface area contributed by atoms with Gasteiger partial charge >= 0.3 is 0 Å². The number of anilines is 1. The molecule has 1 N–H and O–H groups in total. The molecule has 1 aromatic heterocycles. The minimum Gasteiger partial charge on any atom is -0.478 e. The van der Waals surface area contributed by atoms with Crippen molar-refractivity contribution in [3.63, 3.8) is 0 Å². The molecule has 0 atom stereocenters. The number of methoxy groups -OCH3 is 1. The number of nitrogens with one attached hydrogen (secondary N) is 1. The fraction of sp³-hybridized carbons (Fsp3) is 0.500. The van der Waals surface area contributed by atoms with Gasteiger partial charge in [-0.15, -0.1) is 6.58 Å². The van der Waals surface area contributed by atoms with Gasteiger partial charge in [0.25, 0.3) is 0 Å². The van der Waals surface area contributed by atoms with E-state index in [-0.39, 0.29) is 0 Å². The molecule has 0 unspecified atom stereocenters. The molecular weight excluding hydrogens is 218 g/mol. The SMILES string of the molecule is C=CCCCOc1cc(NC)nc(COC)n1. The Labute approximate surface area is 102 Å². The van der Waals surface area contributed by atoms with Crippen LogP contribution >= 0.6 is 0 Å². The largest absolute Gasteiger partial charge is 0.478 e. The fourth-order valence-corrected chi connectivity index (χ4v) is 1.27. The molecule has 0 spiro atoms. The maximum Gasteiger partial charge on any atom is 0.218 e. The number of rotatable bonds is 8. The third-order valence-corrected chi connectivity index (χ3v) is 2.08. The van der Waals surface area contributed by atoms with Crippen molar-refractivity contribution in [3.05, 3.63) is 24.5 Å². The van der Waals surface area contributed by atoms with Gasteiger partial charge in [0.2, 0.25) is 5.88 Å².